The van der Waals surface area contributed by atoms with Gasteiger partial charge in [-0.3, -0.25) is 19.8 Å². The molecule has 0 saturated carbocycles. The van der Waals surface area contributed by atoms with E-state index in [1.54, 1.807) is 11.7 Å². The minimum atomic E-state index is -0.688. The summed E-state index contributed by atoms with van der Waals surface area (Å²) in [5.74, 6) is -0.0324. The maximum atomic E-state index is 13.0. The number of hydrogen-bond donors (Lipinski definition) is 0. The fourth-order valence-electron chi connectivity index (χ4n) is 3.31. The van der Waals surface area contributed by atoms with Gasteiger partial charge >= 0.3 is 5.97 Å². The van der Waals surface area contributed by atoms with Crippen LogP contribution in [0.1, 0.15) is 25.8 Å². The van der Waals surface area contributed by atoms with Crippen LogP contribution in [0.2, 0.25) is 0 Å². The summed E-state index contributed by atoms with van der Waals surface area (Å²) >= 11 is 1.40. The number of tetrazole rings is 1. The number of nitrogens with zero attached hydrogens (tertiary/aromatic N) is 6. The molecule has 1 aromatic carbocycles. The topological polar surface area (TPSA) is 143 Å². The summed E-state index contributed by atoms with van der Waals surface area (Å²) in [6.07, 6.45) is -0.320. The lowest BCUT2D eigenvalue weighted by molar-refractivity contribution is -0.384. The number of carbonyl (C=O) groups excluding carboxylic acids is 2. The maximum Gasteiger partial charge on any atom is 0.359 e. The smallest absolute Gasteiger partial charge is 0.359 e. The Bertz CT molecular complexity index is 1110. The molecule has 0 aliphatic carbocycles. The molecule has 1 atom stereocenters. The van der Waals surface area contributed by atoms with Gasteiger partial charge in [-0.05, 0) is 28.1 Å². The molecular weight excluding hydrogens is 440 g/mol. The molecule has 1 fully saturated rings. The van der Waals surface area contributed by atoms with Crippen LogP contribution in [-0.2, 0) is 32.7 Å². The number of aromatic nitrogens is 4. The van der Waals surface area contributed by atoms with Crippen LogP contribution < -0.4 is 0 Å². The van der Waals surface area contributed by atoms with Crippen molar-refractivity contribution in [2.45, 2.75) is 38.3 Å². The SMILES string of the molecule is Cn1nnnc1SCC(C)(C)C1=C(C(=O)OCc2ccc([N+](=O)[O-])cc2)N2C(=O)CC2O1. The van der Waals surface area contributed by atoms with Crippen LogP contribution in [0.15, 0.2) is 40.9 Å². The van der Waals surface area contributed by atoms with Crippen molar-refractivity contribution in [3.05, 3.63) is 51.4 Å². The summed E-state index contributed by atoms with van der Waals surface area (Å²) in [6, 6.07) is 5.70. The van der Waals surface area contributed by atoms with E-state index in [9.17, 15) is 19.7 Å². The lowest BCUT2D eigenvalue weighted by atomic mass is 9.92. The number of carbonyl (C=O) groups is 2. The Morgan fingerprint density at radius 2 is 2.09 bits per heavy atom. The molecule has 0 N–H and O–H groups in total. The van der Waals surface area contributed by atoms with Crippen molar-refractivity contribution in [1.82, 2.24) is 25.1 Å². The molecule has 168 valence electrons. The Hall–Kier alpha value is -3.48. The fraction of sp³-hybridized carbons (Fsp3) is 0.421. The third-order valence-electron chi connectivity index (χ3n) is 5.08. The molecular formula is C19H20N6O6S. The van der Waals surface area contributed by atoms with E-state index in [2.05, 4.69) is 15.5 Å². The maximum absolute atomic E-state index is 13.0. The monoisotopic (exact) mass is 460 g/mol. The number of non-ortho nitro benzene ring substituents is 1. The molecule has 3 heterocycles. The van der Waals surface area contributed by atoms with Crippen LogP contribution >= 0.6 is 11.8 Å². The van der Waals surface area contributed by atoms with Crippen molar-refractivity contribution >= 4 is 29.3 Å². The molecule has 1 saturated heterocycles. The molecule has 0 radical (unpaired) electrons. The molecule has 2 aliphatic heterocycles. The summed E-state index contributed by atoms with van der Waals surface area (Å²) in [6.45, 7) is 3.71. The molecule has 13 heteroatoms. The van der Waals surface area contributed by atoms with Crippen molar-refractivity contribution in [2.24, 2.45) is 12.5 Å². The van der Waals surface area contributed by atoms with Gasteiger partial charge in [-0.25, -0.2) is 9.48 Å². The molecule has 1 unspecified atom stereocenters. The summed E-state index contributed by atoms with van der Waals surface area (Å²) in [4.78, 5) is 36.7. The van der Waals surface area contributed by atoms with Crippen molar-refractivity contribution in [3.8, 4) is 0 Å². The normalized spacial score (nSPS) is 17.7. The Morgan fingerprint density at radius 3 is 2.69 bits per heavy atom. The fourth-order valence-corrected chi connectivity index (χ4v) is 4.25. The number of rotatable bonds is 8. The highest BCUT2D eigenvalue weighted by molar-refractivity contribution is 7.99. The first-order valence-electron chi connectivity index (χ1n) is 9.66. The van der Waals surface area contributed by atoms with Crippen molar-refractivity contribution in [1.29, 1.82) is 0 Å². The van der Waals surface area contributed by atoms with Gasteiger partial charge in [-0.15, -0.1) is 5.10 Å². The predicted molar refractivity (Wildman–Crippen MR) is 110 cm³/mol. The van der Waals surface area contributed by atoms with Crippen LogP contribution in [-0.4, -0.2) is 53.9 Å². The predicted octanol–water partition coefficient (Wildman–Crippen LogP) is 1.78. The van der Waals surface area contributed by atoms with Crippen LogP contribution in [0.3, 0.4) is 0 Å². The third-order valence-corrected chi connectivity index (χ3v) is 6.55. The molecule has 1 aromatic heterocycles. The largest absolute Gasteiger partial charge is 0.471 e. The van der Waals surface area contributed by atoms with E-state index >= 15 is 0 Å². The number of nitro groups is 1. The summed E-state index contributed by atoms with van der Waals surface area (Å²) < 4.78 is 12.9. The average molecular weight is 460 g/mol. The van der Waals surface area contributed by atoms with Gasteiger partial charge in [0.1, 0.15) is 12.4 Å². The minimum absolute atomic E-state index is 0.0550. The van der Waals surface area contributed by atoms with Gasteiger partial charge in [0.25, 0.3) is 5.69 Å². The highest BCUT2D eigenvalue weighted by Gasteiger charge is 2.53. The third kappa shape index (κ3) is 4.02. The number of thioether (sulfide) groups is 1. The Labute approximate surface area is 186 Å². The number of amides is 1. The van der Waals surface area contributed by atoms with Crippen LogP contribution in [0, 0.1) is 15.5 Å². The average Bonchev–Trinajstić information content (AvgIpc) is 3.31. The van der Waals surface area contributed by atoms with Gasteiger partial charge in [0.15, 0.2) is 11.9 Å². The second-order valence-electron chi connectivity index (χ2n) is 7.98. The van der Waals surface area contributed by atoms with E-state index < -0.39 is 22.5 Å². The van der Waals surface area contributed by atoms with Crippen LogP contribution in [0.4, 0.5) is 5.69 Å². The number of nitro benzene ring substituents is 1. The Balaban J connectivity index is 1.51. The standard InChI is InChI=1S/C19H20N6O6S/c1-19(2,10-32-18-20-21-22-23(18)3)16-15(24-13(26)8-14(24)31-16)17(27)30-9-11-4-6-12(7-5-11)25(28)29/h4-7,14H,8-10H2,1-3H3. The summed E-state index contributed by atoms with van der Waals surface area (Å²) in [5, 5.41) is 22.7. The highest BCUT2D eigenvalue weighted by Crippen LogP contribution is 2.45. The van der Waals surface area contributed by atoms with E-state index in [1.165, 1.54) is 40.9 Å². The number of aryl methyl sites for hydroxylation is 1. The van der Waals surface area contributed by atoms with Gasteiger partial charge in [-0.2, -0.15) is 0 Å². The van der Waals surface area contributed by atoms with E-state index in [1.807, 2.05) is 13.8 Å². The quantitative estimate of drug-likeness (QED) is 0.188. The van der Waals surface area contributed by atoms with Gasteiger partial charge in [0, 0.05) is 30.3 Å². The van der Waals surface area contributed by atoms with Crippen LogP contribution in [0.25, 0.3) is 0 Å². The minimum Gasteiger partial charge on any atom is -0.471 e. The molecule has 0 bridgehead atoms. The highest BCUT2D eigenvalue weighted by atomic mass is 32.2. The Morgan fingerprint density at radius 1 is 1.38 bits per heavy atom. The van der Waals surface area contributed by atoms with Gasteiger partial charge in [0.2, 0.25) is 11.1 Å². The summed E-state index contributed by atoms with van der Waals surface area (Å²) in [5.41, 5.74) is -0.00717. The van der Waals surface area contributed by atoms with Gasteiger partial charge in [0.05, 0.1) is 11.3 Å². The van der Waals surface area contributed by atoms with Gasteiger partial charge in [-0.1, -0.05) is 25.6 Å². The lowest BCUT2D eigenvalue weighted by Gasteiger charge is -2.33. The number of hydrogen-bond acceptors (Lipinski definition) is 10. The molecule has 2 aromatic rings. The van der Waals surface area contributed by atoms with E-state index in [-0.39, 0.29) is 30.3 Å². The van der Waals surface area contributed by atoms with Crippen molar-refractivity contribution < 1.29 is 24.0 Å². The molecule has 1 amide bonds. The second-order valence-corrected chi connectivity index (χ2v) is 8.92. The molecule has 0 spiro atoms. The number of ether oxygens (including phenoxy) is 2. The first kappa shape index (κ1) is 21.7. The van der Waals surface area contributed by atoms with Crippen LogP contribution in [0.5, 0.6) is 0 Å². The Kier molecular flexibility index (Phi) is 5.59. The molecule has 32 heavy (non-hydrogen) atoms. The van der Waals surface area contributed by atoms with Crippen molar-refractivity contribution in [2.75, 3.05) is 5.75 Å². The van der Waals surface area contributed by atoms with Gasteiger partial charge < -0.3 is 9.47 Å². The zero-order chi connectivity index (χ0) is 23.0. The number of benzene rings is 1. The van der Waals surface area contributed by atoms with E-state index in [0.29, 0.717) is 22.2 Å². The first-order valence-corrected chi connectivity index (χ1v) is 10.6. The number of fused-ring (bicyclic) bond motifs is 1. The van der Waals surface area contributed by atoms with E-state index in [4.69, 9.17) is 9.47 Å². The van der Waals surface area contributed by atoms with E-state index in [0.717, 1.165) is 0 Å². The molecule has 2 aliphatic rings. The molecule has 12 nitrogen and oxygen atoms in total. The number of allylic oxidation sites excluding steroid dienone is 1. The van der Waals surface area contributed by atoms with Crippen molar-refractivity contribution in [3.63, 3.8) is 0 Å². The lowest BCUT2D eigenvalue weighted by Crippen LogP contribution is -2.50. The first-order chi connectivity index (χ1) is 15.2. The summed E-state index contributed by atoms with van der Waals surface area (Å²) in [7, 11) is 1.73. The molecule has 4 rings (SSSR count). The number of esters is 1. The second kappa shape index (κ2) is 8.22. The zero-order valence-electron chi connectivity index (χ0n) is 17.5. The zero-order valence-corrected chi connectivity index (χ0v) is 18.4. The number of β-lactam (4-membered cyclic amide) rings is 1.